The lowest BCUT2D eigenvalue weighted by molar-refractivity contribution is 0.219. The van der Waals surface area contributed by atoms with E-state index in [1.54, 1.807) is 7.11 Å². The summed E-state index contributed by atoms with van der Waals surface area (Å²) in [7, 11) is 1.66. The van der Waals surface area contributed by atoms with E-state index >= 15 is 0 Å². The van der Waals surface area contributed by atoms with Gasteiger partial charge in [-0.25, -0.2) is 0 Å². The highest BCUT2D eigenvalue weighted by Crippen LogP contribution is 2.20. The number of anilines is 1. The second-order valence-corrected chi connectivity index (χ2v) is 6.12. The molecule has 0 bridgehead atoms. The number of ether oxygens (including phenoxy) is 1. The van der Waals surface area contributed by atoms with Gasteiger partial charge in [-0.05, 0) is 43.0 Å². The first-order valence-corrected chi connectivity index (χ1v) is 9.06. The molecule has 0 aliphatic heterocycles. The van der Waals surface area contributed by atoms with Gasteiger partial charge < -0.3 is 15.4 Å². The predicted octanol–water partition coefficient (Wildman–Crippen LogP) is 4.06. The van der Waals surface area contributed by atoms with Crippen molar-refractivity contribution in [2.24, 2.45) is 0 Å². The van der Waals surface area contributed by atoms with Crippen LogP contribution in [-0.4, -0.2) is 36.8 Å². The highest BCUT2D eigenvalue weighted by Gasteiger charge is 2.17. The van der Waals surface area contributed by atoms with Gasteiger partial charge in [0.2, 0.25) is 0 Å². The van der Waals surface area contributed by atoms with Crippen molar-refractivity contribution in [3.05, 3.63) is 60.2 Å². The predicted molar refractivity (Wildman–Crippen MR) is 109 cm³/mol. The molecule has 134 valence electrons. The summed E-state index contributed by atoms with van der Waals surface area (Å²) < 4.78 is 5.24. The van der Waals surface area contributed by atoms with Gasteiger partial charge in [0, 0.05) is 18.3 Å². The summed E-state index contributed by atoms with van der Waals surface area (Å²) in [6.07, 6.45) is 0. The molecule has 0 amide bonds. The number of hydrogen-bond donors (Lipinski definition) is 2. The minimum atomic E-state index is 0.279. The van der Waals surface area contributed by atoms with E-state index in [0.717, 1.165) is 31.1 Å². The zero-order valence-electron chi connectivity index (χ0n) is 15.2. The Morgan fingerprint density at radius 1 is 1.08 bits per heavy atom. The number of likely N-dealkylation sites (N-methyl/N-ethyl adjacent to an activating group) is 1. The molecule has 0 aromatic heterocycles. The number of hydrogen-bond acceptors (Lipinski definition) is 3. The van der Waals surface area contributed by atoms with Crippen LogP contribution in [0.5, 0.6) is 5.75 Å². The van der Waals surface area contributed by atoms with Crippen LogP contribution < -0.4 is 15.4 Å². The molecule has 5 heteroatoms. The van der Waals surface area contributed by atoms with Gasteiger partial charge in [0.05, 0.1) is 13.2 Å². The summed E-state index contributed by atoms with van der Waals surface area (Å²) in [5.41, 5.74) is 2.21. The summed E-state index contributed by atoms with van der Waals surface area (Å²) in [6, 6.07) is 18.6. The first kappa shape index (κ1) is 19.2. The third kappa shape index (κ3) is 5.73. The average molecular weight is 358 g/mol. The van der Waals surface area contributed by atoms with Crippen LogP contribution in [0.25, 0.3) is 0 Å². The van der Waals surface area contributed by atoms with Crippen molar-refractivity contribution in [2.45, 2.75) is 19.9 Å². The molecule has 25 heavy (non-hydrogen) atoms. The third-order valence-corrected chi connectivity index (χ3v) is 4.47. The fraction of sp³-hybridized carbons (Fsp3) is 0.350. The minimum absolute atomic E-state index is 0.279. The molecule has 2 rings (SSSR count). The van der Waals surface area contributed by atoms with E-state index in [1.807, 2.05) is 30.3 Å². The van der Waals surface area contributed by atoms with Crippen molar-refractivity contribution in [1.29, 1.82) is 0 Å². The van der Waals surface area contributed by atoms with E-state index in [2.05, 4.69) is 53.6 Å². The van der Waals surface area contributed by atoms with Gasteiger partial charge in [-0.15, -0.1) is 0 Å². The Bertz CT molecular complexity index is 659. The Hall–Kier alpha value is -2.11. The SMILES string of the molecule is CCN(CC)[C@H](CNC(=S)Nc1cccc(OC)c1)c1ccccc1. The lowest BCUT2D eigenvalue weighted by atomic mass is 10.1. The maximum Gasteiger partial charge on any atom is 0.170 e. The highest BCUT2D eigenvalue weighted by atomic mass is 32.1. The Morgan fingerprint density at radius 3 is 2.44 bits per heavy atom. The van der Waals surface area contributed by atoms with Gasteiger partial charge in [-0.2, -0.15) is 0 Å². The molecule has 2 N–H and O–H groups in total. The van der Waals surface area contributed by atoms with E-state index in [-0.39, 0.29) is 6.04 Å². The summed E-state index contributed by atoms with van der Waals surface area (Å²) in [5.74, 6) is 0.804. The van der Waals surface area contributed by atoms with Crippen LogP contribution in [-0.2, 0) is 0 Å². The lowest BCUT2D eigenvalue weighted by Gasteiger charge is -2.30. The van der Waals surface area contributed by atoms with Crippen LogP contribution in [0, 0.1) is 0 Å². The zero-order chi connectivity index (χ0) is 18.1. The molecule has 1 atom stereocenters. The topological polar surface area (TPSA) is 36.5 Å². The zero-order valence-corrected chi connectivity index (χ0v) is 16.0. The van der Waals surface area contributed by atoms with E-state index in [4.69, 9.17) is 17.0 Å². The number of rotatable bonds is 8. The van der Waals surface area contributed by atoms with Gasteiger partial charge in [0.15, 0.2) is 5.11 Å². The van der Waals surface area contributed by atoms with Crippen LogP contribution in [0.15, 0.2) is 54.6 Å². The number of thiocarbonyl (C=S) groups is 1. The summed E-state index contributed by atoms with van der Waals surface area (Å²) in [4.78, 5) is 2.43. The molecule has 0 aliphatic carbocycles. The summed E-state index contributed by atoms with van der Waals surface area (Å²) >= 11 is 5.46. The monoisotopic (exact) mass is 357 g/mol. The largest absolute Gasteiger partial charge is 0.497 e. The van der Waals surface area contributed by atoms with Crippen LogP contribution in [0.1, 0.15) is 25.5 Å². The second kappa shape index (κ2) is 10.0. The standard InChI is InChI=1S/C20H27N3OS/c1-4-23(5-2)19(16-10-7-6-8-11-16)15-21-20(25)22-17-12-9-13-18(14-17)24-3/h6-14,19H,4-5,15H2,1-3H3,(H2,21,22,25)/t19-/m1/s1. The minimum Gasteiger partial charge on any atom is -0.497 e. The van der Waals surface area contributed by atoms with Crippen LogP contribution in [0.2, 0.25) is 0 Å². The van der Waals surface area contributed by atoms with Gasteiger partial charge >= 0.3 is 0 Å². The van der Waals surface area contributed by atoms with Gasteiger partial charge in [-0.3, -0.25) is 4.90 Å². The number of benzene rings is 2. The maximum atomic E-state index is 5.46. The fourth-order valence-electron chi connectivity index (χ4n) is 2.86. The van der Waals surface area contributed by atoms with Crippen molar-refractivity contribution in [3.8, 4) is 5.75 Å². The number of methoxy groups -OCH3 is 1. The Kier molecular flexibility index (Phi) is 7.70. The van der Waals surface area contributed by atoms with E-state index in [0.29, 0.717) is 5.11 Å². The van der Waals surface area contributed by atoms with Crippen molar-refractivity contribution in [2.75, 3.05) is 32.1 Å². The molecule has 0 radical (unpaired) electrons. The van der Waals surface area contributed by atoms with Crippen molar-refractivity contribution >= 4 is 23.0 Å². The van der Waals surface area contributed by atoms with E-state index < -0.39 is 0 Å². The van der Waals surface area contributed by atoms with Gasteiger partial charge in [0.1, 0.15) is 5.75 Å². The normalized spacial score (nSPS) is 11.8. The second-order valence-electron chi connectivity index (χ2n) is 5.71. The molecule has 0 unspecified atom stereocenters. The molecule has 0 spiro atoms. The molecule has 0 saturated carbocycles. The Labute approximate surface area is 156 Å². The molecule has 0 saturated heterocycles. The van der Waals surface area contributed by atoms with E-state index in [1.165, 1.54) is 5.56 Å². The summed E-state index contributed by atoms with van der Waals surface area (Å²) in [6.45, 7) is 7.11. The maximum absolute atomic E-state index is 5.46. The van der Waals surface area contributed by atoms with Crippen molar-refractivity contribution in [1.82, 2.24) is 10.2 Å². The first-order chi connectivity index (χ1) is 12.2. The molecule has 0 heterocycles. The van der Waals surface area contributed by atoms with Gasteiger partial charge in [-0.1, -0.05) is 50.2 Å². The van der Waals surface area contributed by atoms with Crippen LogP contribution in [0.4, 0.5) is 5.69 Å². The molecule has 0 fully saturated rings. The first-order valence-electron chi connectivity index (χ1n) is 8.65. The lowest BCUT2D eigenvalue weighted by Crippen LogP contribution is -2.39. The molecular weight excluding hydrogens is 330 g/mol. The van der Waals surface area contributed by atoms with E-state index in [9.17, 15) is 0 Å². The van der Waals surface area contributed by atoms with Crippen molar-refractivity contribution in [3.63, 3.8) is 0 Å². The number of nitrogens with one attached hydrogen (secondary N) is 2. The summed E-state index contributed by atoms with van der Waals surface area (Å²) in [5, 5.41) is 7.19. The Balaban J connectivity index is 2.00. The van der Waals surface area contributed by atoms with Crippen LogP contribution >= 0.6 is 12.2 Å². The van der Waals surface area contributed by atoms with Gasteiger partial charge in [0.25, 0.3) is 0 Å². The fourth-order valence-corrected chi connectivity index (χ4v) is 3.06. The van der Waals surface area contributed by atoms with Crippen molar-refractivity contribution < 1.29 is 4.74 Å². The smallest absolute Gasteiger partial charge is 0.170 e. The number of nitrogens with zero attached hydrogens (tertiary/aromatic N) is 1. The molecule has 2 aromatic carbocycles. The third-order valence-electron chi connectivity index (χ3n) is 4.22. The molecule has 4 nitrogen and oxygen atoms in total. The highest BCUT2D eigenvalue weighted by molar-refractivity contribution is 7.80. The molecule has 0 aliphatic rings. The van der Waals surface area contributed by atoms with Crippen LogP contribution in [0.3, 0.4) is 0 Å². The molecule has 2 aromatic rings. The quantitative estimate of drug-likeness (QED) is 0.697. The molecular formula is C20H27N3OS. The average Bonchev–Trinajstić information content (AvgIpc) is 2.66. The Morgan fingerprint density at radius 2 is 1.80 bits per heavy atom.